The van der Waals surface area contributed by atoms with Gasteiger partial charge in [-0.3, -0.25) is 4.79 Å². The van der Waals surface area contributed by atoms with Gasteiger partial charge >= 0.3 is 0 Å². The van der Waals surface area contributed by atoms with Crippen molar-refractivity contribution in [3.63, 3.8) is 0 Å². The zero-order valence-corrected chi connectivity index (χ0v) is 12.8. The number of hydrogen-bond donors (Lipinski definition) is 0. The van der Waals surface area contributed by atoms with Gasteiger partial charge in [-0.1, -0.05) is 19.3 Å². The van der Waals surface area contributed by atoms with Gasteiger partial charge in [0, 0.05) is 17.6 Å². The molecule has 2 nitrogen and oxygen atoms in total. The highest BCUT2D eigenvalue weighted by atomic mass is 79.9. The van der Waals surface area contributed by atoms with E-state index in [1.807, 2.05) is 11.4 Å². The van der Waals surface area contributed by atoms with Crippen molar-refractivity contribution >= 4 is 33.2 Å². The second-order valence-corrected chi connectivity index (χ2v) is 7.21. The van der Waals surface area contributed by atoms with Crippen LogP contribution in [0.15, 0.2) is 15.9 Å². The summed E-state index contributed by atoms with van der Waals surface area (Å²) < 4.78 is 0.947. The number of fused-ring (bicyclic) bond motifs is 1. The molecule has 2 aliphatic rings. The Balaban J connectivity index is 1.70. The highest BCUT2D eigenvalue weighted by molar-refractivity contribution is 9.10. The van der Waals surface area contributed by atoms with Crippen molar-refractivity contribution in [3.05, 3.63) is 20.8 Å². The minimum absolute atomic E-state index is 0.223. The zero-order valence-electron chi connectivity index (χ0n) is 10.4. The van der Waals surface area contributed by atoms with Crippen LogP contribution in [-0.4, -0.2) is 23.9 Å². The van der Waals surface area contributed by atoms with Crippen molar-refractivity contribution in [1.29, 1.82) is 0 Å². The fraction of sp³-hybridized carbons (Fsp3) is 0.643. The van der Waals surface area contributed by atoms with Crippen molar-refractivity contribution in [2.24, 2.45) is 11.8 Å². The molecule has 1 saturated carbocycles. The highest BCUT2D eigenvalue weighted by Gasteiger charge is 2.33. The molecule has 2 fully saturated rings. The van der Waals surface area contributed by atoms with E-state index < -0.39 is 0 Å². The minimum atomic E-state index is 0.223. The molecule has 98 valence electrons. The molecule has 0 bridgehead atoms. The monoisotopic (exact) mass is 327 g/mol. The average molecular weight is 328 g/mol. The fourth-order valence-corrected chi connectivity index (χ4v) is 4.88. The van der Waals surface area contributed by atoms with Crippen LogP contribution in [0.25, 0.3) is 0 Å². The van der Waals surface area contributed by atoms with Crippen molar-refractivity contribution in [1.82, 2.24) is 4.90 Å². The average Bonchev–Trinajstić information content (AvgIpc) is 2.83. The lowest BCUT2D eigenvalue weighted by molar-refractivity contribution is 0.0524. The third-order valence-corrected chi connectivity index (χ3v) is 6.22. The second-order valence-electron chi connectivity index (χ2n) is 5.44. The first-order valence-electron chi connectivity index (χ1n) is 6.78. The van der Waals surface area contributed by atoms with Crippen LogP contribution in [0.1, 0.15) is 41.8 Å². The first-order chi connectivity index (χ1) is 8.75. The van der Waals surface area contributed by atoms with E-state index in [9.17, 15) is 4.79 Å². The number of halogens is 1. The molecule has 0 N–H and O–H groups in total. The van der Waals surface area contributed by atoms with Gasteiger partial charge < -0.3 is 4.90 Å². The third kappa shape index (κ3) is 2.37. The number of likely N-dealkylation sites (tertiary alicyclic amines) is 1. The lowest BCUT2D eigenvalue weighted by Crippen LogP contribution is -2.44. The number of piperidine rings is 1. The summed E-state index contributed by atoms with van der Waals surface area (Å²) in [7, 11) is 0. The number of nitrogens with zero attached hydrogens (tertiary/aromatic N) is 1. The predicted molar refractivity (Wildman–Crippen MR) is 78.0 cm³/mol. The Bertz CT molecular complexity index is 445. The van der Waals surface area contributed by atoms with Crippen molar-refractivity contribution in [2.45, 2.75) is 32.1 Å². The molecule has 1 amide bonds. The molecule has 2 atom stereocenters. The van der Waals surface area contributed by atoms with E-state index in [-0.39, 0.29) is 5.91 Å². The van der Waals surface area contributed by atoms with Crippen molar-refractivity contribution in [2.75, 3.05) is 13.1 Å². The smallest absolute Gasteiger partial charge is 0.265 e. The van der Waals surface area contributed by atoms with E-state index in [1.165, 1.54) is 32.1 Å². The Hall–Kier alpha value is -0.350. The summed E-state index contributed by atoms with van der Waals surface area (Å²) in [6, 6.07) is 1.96. The molecule has 1 saturated heterocycles. The van der Waals surface area contributed by atoms with E-state index in [2.05, 4.69) is 20.8 Å². The Labute approximate surface area is 120 Å². The molecule has 2 heterocycles. The summed E-state index contributed by atoms with van der Waals surface area (Å²) in [5.41, 5.74) is 0. The molecule has 18 heavy (non-hydrogen) atoms. The molecule has 1 aromatic rings. The van der Waals surface area contributed by atoms with Gasteiger partial charge in [0.1, 0.15) is 4.88 Å². The van der Waals surface area contributed by atoms with Crippen molar-refractivity contribution < 1.29 is 4.79 Å². The molecular formula is C14H18BrNOS. The van der Waals surface area contributed by atoms with Crippen LogP contribution >= 0.6 is 27.3 Å². The number of thiophene rings is 1. The van der Waals surface area contributed by atoms with Gasteiger partial charge in [-0.25, -0.2) is 0 Å². The topological polar surface area (TPSA) is 20.3 Å². The Morgan fingerprint density at radius 3 is 2.78 bits per heavy atom. The molecule has 0 radical (unpaired) electrons. The van der Waals surface area contributed by atoms with Gasteiger partial charge in [0.05, 0.1) is 0 Å². The zero-order chi connectivity index (χ0) is 12.5. The maximum Gasteiger partial charge on any atom is 0.265 e. The molecular weight excluding hydrogens is 310 g/mol. The standard InChI is InChI=1S/C14H18BrNOS/c15-12-6-8-18-13(12)14(17)16-7-5-10-3-1-2-4-11(10)9-16/h6,8,10-11H,1-5,7,9H2. The summed E-state index contributed by atoms with van der Waals surface area (Å²) in [6.07, 6.45) is 6.66. The van der Waals surface area contributed by atoms with Crippen LogP contribution in [0.5, 0.6) is 0 Å². The van der Waals surface area contributed by atoms with Gasteiger partial charge in [-0.15, -0.1) is 11.3 Å². The quantitative estimate of drug-likeness (QED) is 0.758. The van der Waals surface area contributed by atoms with Gasteiger partial charge in [0.2, 0.25) is 0 Å². The Morgan fingerprint density at radius 2 is 2.06 bits per heavy atom. The van der Waals surface area contributed by atoms with Gasteiger partial charge in [0.15, 0.2) is 0 Å². The molecule has 1 aromatic heterocycles. The van der Waals surface area contributed by atoms with E-state index >= 15 is 0 Å². The minimum Gasteiger partial charge on any atom is -0.338 e. The Kier molecular flexibility index (Phi) is 3.76. The summed E-state index contributed by atoms with van der Waals surface area (Å²) in [5.74, 6) is 1.87. The molecule has 1 aliphatic carbocycles. The summed E-state index contributed by atoms with van der Waals surface area (Å²) in [5, 5.41) is 1.98. The maximum absolute atomic E-state index is 12.5. The van der Waals surface area contributed by atoms with Crippen LogP contribution in [0.2, 0.25) is 0 Å². The van der Waals surface area contributed by atoms with Crippen LogP contribution in [0, 0.1) is 11.8 Å². The van der Waals surface area contributed by atoms with E-state index in [0.29, 0.717) is 0 Å². The third-order valence-electron chi connectivity index (χ3n) is 4.39. The van der Waals surface area contributed by atoms with E-state index in [1.54, 1.807) is 11.3 Å². The van der Waals surface area contributed by atoms with Crippen LogP contribution in [0.3, 0.4) is 0 Å². The fourth-order valence-electron chi connectivity index (χ4n) is 3.38. The summed E-state index contributed by atoms with van der Waals surface area (Å²) in [4.78, 5) is 15.4. The van der Waals surface area contributed by atoms with Crippen molar-refractivity contribution in [3.8, 4) is 0 Å². The molecule has 4 heteroatoms. The van der Waals surface area contributed by atoms with Gasteiger partial charge in [-0.2, -0.15) is 0 Å². The van der Waals surface area contributed by atoms with Crippen LogP contribution < -0.4 is 0 Å². The van der Waals surface area contributed by atoms with E-state index in [0.717, 1.165) is 34.3 Å². The lowest BCUT2D eigenvalue weighted by atomic mass is 9.75. The second kappa shape index (κ2) is 5.33. The first-order valence-corrected chi connectivity index (χ1v) is 8.45. The molecule has 0 spiro atoms. The molecule has 3 rings (SSSR count). The van der Waals surface area contributed by atoms with Crippen LogP contribution in [0.4, 0.5) is 0 Å². The molecule has 1 aliphatic heterocycles. The SMILES string of the molecule is O=C(c1sccc1Br)N1CCC2CCCCC2C1. The number of carbonyl (C=O) groups is 1. The van der Waals surface area contributed by atoms with Gasteiger partial charge in [-0.05, 0) is 52.1 Å². The Morgan fingerprint density at radius 1 is 1.28 bits per heavy atom. The largest absolute Gasteiger partial charge is 0.338 e. The highest BCUT2D eigenvalue weighted by Crippen LogP contribution is 2.37. The first kappa shape index (κ1) is 12.7. The number of rotatable bonds is 1. The predicted octanol–water partition coefficient (Wildman–Crippen LogP) is 4.16. The van der Waals surface area contributed by atoms with Crippen LogP contribution in [-0.2, 0) is 0 Å². The number of amides is 1. The lowest BCUT2D eigenvalue weighted by Gasteiger charge is -2.41. The molecule has 0 aromatic carbocycles. The summed E-state index contributed by atoms with van der Waals surface area (Å²) >= 11 is 5.01. The normalized spacial score (nSPS) is 27.9. The number of carbonyl (C=O) groups excluding carboxylic acids is 1. The number of hydrogen-bond acceptors (Lipinski definition) is 2. The molecule has 2 unspecified atom stereocenters. The van der Waals surface area contributed by atoms with Gasteiger partial charge in [0.25, 0.3) is 5.91 Å². The maximum atomic E-state index is 12.5. The van der Waals surface area contributed by atoms with E-state index in [4.69, 9.17) is 0 Å². The summed E-state index contributed by atoms with van der Waals surface area (Å²) in [6.45, 7) is 1.93.